The third kappa shape index (κ3) is 2.25. The van der Waals surface area contributed by atoms with Gasteiger partial charge in [0.2, 0.25) is 5.89 Å². The second-order valence-corrected chi connectivity index (χ2v) is 4.85. The van der Waals surface area contributed by atoms with Gasteiger partial charge in [-0.25, -0.2) is 0 Å². The Morgan fingerprint density at radius 1 is 1.29 bits per heavy atom. The summed E-state index contributed by atoms with van der Waals surface area (Å²) in [5.74, 6) is 1.76. The normalized spacial score (nSPS) is 11.4. The molecule has 0 radical (unpaired) electrons. The van der Waals surface area contributed by atoms with Crippen LogP contribution in [0.4, 0.5) is 0 Å². The molecule has 2 aromatic rings. The topological polar surface area (TPSA) is 43.9 Å². The number of aryl methyl sites for hydroxylation is 1. The highest BCUT2D eigenvalue weighted by molar-refractivity contribution is 5.29. The van der Waals surface area contributed by atoms with Gasteiger partial charge in [-0.1, -0.05) is 19.0 Å². The molecule has 0 saturated carbocycles. The third-order valence-corrected chi connectivity index (χ3v) is 3.22. The lowest BCUT2D eigenvalue weighted by Crippen LogP contribution is -2.01. The zero-order valence-corrected chi connectivity index (χ0v) is 11.1. The Hall–Kier alpha value is -1.58. The molecule has 0 N–H and O–H groups in total. The summed E-state index contributed by atoms with van der Waals surface area (Å²) in [5.41, 5.74) is 3.88. The fraction of sp³-hybridized carbons (Fsp3) is 0.538. The summed E-state index contributed by atoms with van der Waals surface area (Å²) in [4.78, 5) is 4.39. The molecule has 0 saturated heterocycles. The maximum atomic E-state index is 5.25. The average Bonchev–Trinajstić information content (AvgIpc) is 2.82. The molecule has 92 valence electrons. The first kappa shape index (κ1) is 11.9. The first-order valence-corrected chi connectivity index (χ1v) is 5.94. The second-order valence-electron chi connectivity index (χ2n) is 4.85. The molecule has 0 spiro atoms. The number of aromatic nitrogens is 3. The maximum Gasteiger partial charge on any atom is 0.246 e. The van der Waals surface area contributed by atoms with E-state index >= 15 is 0 Å². The van der Waals surface area contributed by atoms with E-state index in [0.717, 1.165) is 5.82 Å². The Balaban J connectivity index is 2.22. The van der Waals surface area contributed by atoms with Crippen molar-refractivity contribution in [3.63, 3.8) is 0 Å². The molecule has 0 unspecified atom stereocenters. The first-order chi connectivity index (χ1) is 7.99. The minimum absolute atomic E-state index is 0.307. The van der Waals surface area contributed by atoms with Crippen LogP contribution in [0, 0.1) is 20.8 Å². The van der Waals surface area contributed by atoms with Crippen LogP contribution in [0.3, 0.4) is 0 Å². The SMILES string of the molecule is Cc1cn(Cc2nc(C(C)C)no2)c(C)c1C. The fourth-order valence-electron chi connectivity index (χ4n) is 1.80. The van der Waals surface area contributed by atoms with E-state index in [4.69, 9.17) is 4.52 Å². The highest BCUT2D eigenvalue weighted by Gasteiger charge is 2.12. The molecule has 2 rings (SSSR count). The Labute approximate surface area is 102 Å². The van der Waals surface area contributed by atoms with Gasteiger partial charge in [0, 0.05) is 17.8 Å². The predicted octanol–water partition coefficient (Wildman–Crippen LogP) is 2.97. The van der Waals surface area contributed by atoms with Crippen molar-refractivity contribution in [2.75, 3.05) is 0 Å². The summed E-state index contributed by atoms with van der Waals surface area (Å²) >= 11 is 0. The Kier molecular flexibility index (Phi) is 3.05. The van der Waals surface area contributed by atoms with Crippen LogP contribution in [0.25, 0.3) is 0 Å². The van der Waals surface area contributed by atoms with Crippen molar-refractivity contribution in [1.82, 2.24) is 14.7 Å². The van der Waals surface area contributed by atoms with Crippen LogP contribution in [0.2, 0.25) is 0 Å². The van der Waals surface area contributed by atoms with E-state index in [2.05, 4.69) is 55.5 Å². The molecule has 0 aromatic carbocycles. The molecule has 2 heterocycles. The Morgan fingerprint density at radius 3 is 2.47 bits per heavy atom. The highest BCUT2D eigenvalue weighted by Crippen LogP contribution is 2.16. The smallest absolute Gasteiger partial charge is 0.246 e. The van der Waals surface area contributed by atoms with Gasteiger partial charge in [0.05, 0.1) is 0 Å². The molecule has 0 atom stereocenters. The van der Waals surface area contributed by atoms with E-state index in [9.17, 15) is 0 Å². The lowest BCUT2D eigenvalue weighted by molar-refractivity contribution is 0.364. The van der Waals surface area contributed by atoms with Crippen LogP contribution in [-0.4, -0.2) is 14.7 Å². The standard InChI is InChI=1S/C13H19N3O/c1-8(2)13-14-12(17-15-13)7-16-6-9(3)10(4)11(16)5/h6,8H,7H2,1-5H3. The number of nitrogens with zero attached hydrogens (tertiary/aromatic N) is 3. The quantitative estimate of drug-likeness (QED) is 0.818. The van der Waals surface area contributed by atoms with Gasteiger partial charge in [0.25, 0.3) is 0 Å². The van der Waals surface area contributed by atoms with Gasteiger partial charge in [-0.05, 0) is 31.9 Å². The molecule has 4 heteroatoms. The van der Waals surface area contributed by atoms with Crippen molar-refractivity contribution in [2.24, 2.45) is 0 Å². The van der Waals surface area contributed by atoms with Gasteiger partial charge in [-0.15, -0.1) is 0 Å². The van der Waals surface area contributed by atoms with Gasteiger partial charge in [0.15, 0.2) is 5.82 Å². The molecule has 4 nitrogen and oxygen atoms in total. The monoisotopic (exact) mass is 233 g/mol. The van der Waals surface area contributed by atoms with Gasteiger partial charge < -0.3 is 9.09 Å². The molecule has 0 amide bonds. The Morgan fingerprint density at radius 2 is 2.00 bits per heavy atom. The zero-order valence-electron chi connectivity index (χ0n) is 11.1. The van der Waals surface area contributed by atoms with Gasteiger partial charge in [-0.3, -0.25) is 0 Å². The lowest BCUT2D eigenvalue weighted by atomic mass is 10.2. The number of hydrogen-bond donors (Lipinski definition) is 0. The van der Waals surface area contributed by atoms with Crippen LogP contribution in [0.15, 0.2) is 10.7 Å². The van der Waals surface area contributed by atoms with E-state index in [1.165, 1.54) is 16.8 Å². The molecule has 0 aliphatic heterocycles. The van der Waals surface area contributed by atoms with Crippen LogP contribution in [0.1, 0.15) is 48.3 Å². The van der Waals surface area contributed by atoms with Crippen molar-refractivity contribution >= 4 is 0 Å². The van der Waals surface area contributed by atoms with E-state index in [-0.39, 0.29) is 0 Å². The van der Waals surface area contributed by atoms with Crippen molar-refractivity contribution in [2.45, 2.75) is 47.1 Å². The summed E-state index contributed by atoms with van der Waals surface area (Å²) in [6.45, 7) is 11.1. The van der Waals surface area contributed by atoms with Gasteiger partial charge in [0.1, 0.15) is 6.54 Å². The van der Waals surface area contributed by atoms with Crippen LogP contribution in [0.5, 0.6) is 0 Å². The van der Waals surface area contributed by atoms with Crippen LogP contribution < -0.4 is 0 Å². The summed E-state index contributed by atoms with van der Waals surface area (Å²) in [5, 5.41) is 3.97. The number of hydrogen-bond acceptors (Lipinski definition) is 3. The molecule has 0 aliphatic carbocycles. The minimum Gasteiger partial charge on any atom is -0.342 e. The van der Waals surface area contributed by atoms with Gasteiger partial charge >= 0.3 is 0 Å². The molecule has 2 aromatic heterocycles. The molecule has 0 aliphatic rings. The molecular formula is C13H19N3O. The van der Waals surface area contributed by atoms with E-state index < -0.39 is 0 Å². The second kappa shape index (κ2) is 4.35. The van der Waals surface area contributed by atoms with Gasteiger partial charge in [-0.2, -0.15) is 4.98 Å². The zero-order chi connectivity index (χ0) is 12.6. The predicted molar refractivity (Wildman–Crippen MR) is 66.1 cm³/mol. The lowest BCUT2D eigenvalue weighted by Gasteiger charge is -2.02. The first-order valence-electron chi connectivity index (χ1n) is 5.94. The summed E-state index contributed by atoms with van der Waals surface area (Å²) in [6.07, 6.45) is 2.13. The molecule has 17 heavy (non-hydrogen) atoms. The molecular weight excluding hydrogens is 214 g/mol. The van der Waals surface area contributed by atoms with E-state index in [1.54, 1.807) is 0 Å². The summed E-state index contributed by atoms with van der Waals surface area (Å²) < 4.78 is 7.41. The van der Waals surface area contributed by atoms with Crippen molar-refractivity contribution < 1.29 is 4.52 Å². The van der Waals surface area contributed by atoms with E-state index in [1.807, 2.05) is 0 Å². The summed E-state index contributed by atoms with van der Waals surface area (Å²) in [7, 11) is 0. The fourth-order valence-corrected chi connectivity index (χ4v) is 1.80. The minimum atomic E-state index is 0.307. The Bertz CT molecular complexity index is 523. The van der Waals surface area contributed by atoms with Crippen LogP contribution in [-0.2, 0) is 6.54 Å². The largest absolute Gasteiger partial charge is 0.342 e. The van der Waals surface area contributed by atoms with Crippen molar-refractivity contribution in [3.05, 3.63) is 34.7 Å². The molecule has 0 fully saturated rings. The number of rotatable bonds is 3. The molecule has 0 bridgehead atoms. The highest BCUT2D eigenvalue weighted by atomic mass is 16.5. The van der Waals surface area contributed by atoms with Crippen molar-refractivity contribution in [1.29, 1.82) is 0 Å². The van der Waals surface area contributed by atoms with Crippen LogP contribution >= 0.6 is 0 Å². The average molecular weight is 233 g/mol. The maximum absolute atomic E-state index is 5.25. The third-order valence-electron chi connectivity index (χ3n) is 3.22. The van der Waals surface area contributed by atoms with Crippen molar-refractivity contribution in [3.8, 4) is 0 Å². The van der Waals surface area contributed by atoms with E-state index in [0.29, 0.717) is 18.4 Å². The summed E-state index contributed by atoms with van der Waals surface area (Å²) in [6, 6.07) is 0.